The molecule has 1 aliphatic rings. The second-order valence-electron chi connectivity index (χ2n) is 4.18. The van der Waals surface area contributed by atoms with Crippen molar-refractivity contribution in [2.45, 2.75) is 45.1 Å². The van der Waals surface area contributed by atoms with Crippen LogP contribution < -0.4 is 0 Å². The fourth-order valence-electron chi connectivity index (χ4n) is 0.737. The van der Waals surface area contributed by atoms with Crippen molar-refractivity contribution in [1.29, 1.82) is 0 Å². The molecule has 74 valence electrons. The highest BCUT2D eigenvalue weighted by Crippen LogP contribution is 2.40. The molecule has 0 bridgehead atoms. The molecule has 0 unspecified atom stereocenters. The van der Waals surface area contributed by atoms with E-state index >= 15 is 0 Å². The summed E-state index contributed by atoms with van der Waals surface area (Å²) >= 11 is 4.17. The molecule has 2 heteroatoms. The summed E-state index contributed by atoms with van der Waals surface area (Å²) in [7, 11) is 0. The second kappa shape index (κ2) is 6.20. The van der Waals surface area contributed by atoms with E-state index in [1.54, 1.807) is 0 Å². The Kier molecular flexibility index (Phi) is 6.56. The molecule has 0 amide bonds. The van der Waals surface area contributed by atoms with Crippen LogP contribution >= 0.6 is 23.5 Å². The fourth-order valence-corrected chi connectivity index (χ4v) is 3.31. The monoisotopic (exact) mass is 206 g/mol. The average molecular weight is 206 g/mol. The molecule has 1 saturated heterocycles. The van der Waals surface area contributed by atoms with Crippen LogP contribution in [0.1, 0.15) is 41.0 Å². The van der Waals surface area contributed by atoms with E-state index in [0.29, 0.717) is 4.08 Å². The molecule has 0 aromatic heterocycles. The van der Waals surface area contributed by atoms with Crippen LogP contribution in [0.5, 0.6) is 0 Å². The smallest absolute Gasteiger partial charge is 0.0555 e. The molecule has 1 aliphatic heterocycles. The lowest BCUT2D eigenvalue weighted by molar-refractivity contribution is 0.737. The SMILES string of the molecule is CC(C)C.CC1(C)SCCCS1. The normalized spacial score (nSPS) is 21.5. The molecular formula is C10H22S2. The van der Waals surface area contributed by atoms with Gasteiger partial charge in [-0.1, -0.05) is 20.8 Å². The molecule has 0 nitrogen and oxygen atoms in total. The first-order chi connectivity index (χ1) is 5.44. The molecule has 0 saturated carbocycles. The number of rotatable bonds is 0. The van der Waals surface area contributed by atoms with E-state index in [9.17, 15) is 0 Å². The highest BCUT2D eigenvalue weighted by molar-refractivity contribution is 8.18. The lowest BCUT2D eigenvalue weighted by Crippen LogP contribution is -2.15. The minimum atomic E-state index is 0.512. The van der Waals surface area contributed by atoms with Crippen molar-refractivity contribution in [3.63, 3.8) is 0 Å². The van der Waals surface area contributed by atoms with Crippen LogP contribution in [0.2, 0.25) is 0 Å². The Morgan fingerprint density at radius 2 is 1.33 bits per heavy atom. The van der Waals surface area contributed by atoms with E-state index in [2.05, 4.69) is 58.1 Å². The van der Waals surface area contributed by atoms with Gasteiger partial charge in [-0.25, -0.2) is 0 Å². The van der Waals surface area contributed by atoms with Crippen molar-refractivity contribution < 1.29 is 0 Å². The van der Waals surface area contributed by atoms with Crippen molar-refractivity contribution in [2.24, 2.45) is 5.92 Å². The Bertz CT molecular complexity index is 97.7. The van der Waals surface area contributed by atoms with Crippen LogP contribution in [-0.4, -0.2) is 15.6 Å². The van der Waals surface area contributed by atoms with E-state index in [1.165, 1.54) is 17.9 Å². The van der Waals surface area contributed by atoms with E-state index in [0.717, 1.165) is 5.92 Å². The maximum Gasteiger partial charge on any atom is 0.0555 e. The molecule has 1 rings (SSSR count). The zero-order chi connectivity index (χ0) is 9.61. The molecular weight excluding hydrogens is 184 g/mol. The van der Waals surface area contributed by atoms with Crippen molar-refractivity contribution >= 4 is 23.5 Å². The Morgan fingerprint density at radius 1 is 1.00 bits per heavy atom. The molecule has 12 heavy (non-hydrogen) atoms. The molecule has 0 N–H and O–H groups in total. The summed E-state index contributed by atoms with van der Waals surface area (Å²) in [4.78, 5) is 0. The largest absolute Gasteiger partial charge is 0.145 e. The minimum absolute atomic E-state index is 0.512. The molecule has 0 aromatic rings. The molecule has 1 fully saturated rings. The Hall–Kier alpha value is 0.700. The van der Waals surface area contributed by atoms with Gasteiger partial charge in [0.2, 0.25) is 0 Å². The van der Waals surface area contributed by atoms with Gasteiger partial charge < -0.3 is 0 Å². The molecule has 1 heterocycles. The number of hydrogen-bond acceptors (Lipinski definition) is 2. The van der Waals surface area contributed by atoms with Gasteiger partial charge in [0.25, 0.3) is 0 Å². The predicted molar refractivity (Wildman–Crippen MR) is 64.1 cm³/mol. The van der Waals surface area contributed by atoms with Crippen molar-refractivity contribution in [2.75, 3.05) is 11.5 Å². The lowest BCUT2D eigenvalue weighted by Gasteiger charge is -2.27. The first-order valence-corrected chi connectivity index (χ1v) is 6.69. The van der Waals surface area contributed by atoms with E-state index in [4.69, 9.17) is 0 Å². The average Bonchev–Trinajstić information content (AvgIpc) is 1.85. The fraction of sp³-hybridized carbons (Fsp3) is 1.00. The molecule has 0 atom stereocenters. The third kappa shape index (κ3) is 8.79. The van der Waals surface area contributed by atoms with Gasteiger partial charge in [0, 0.05) is 0 Å². The minimum Gasteiger partial charge on any atom is -0.145 e. The highest BCUT2D eigenvalue weighted by Gasteiger charge is 2.21. The predicted octanol–water partition coefficient (Wildman–Crippen LogP) is 4.25. The third-order valence-corrected chi connectivity index (χ3v) is 4.27. The zero-order valence-corrected chi connectivity index (χ0v) is 10.6. The van der Waals surface area contributed by atoms with Crippen LogP contribution in [0.15, 0.2) is 0 Å². The van der Waals surface area contributed by atoms with Gasteiger partial charge in [-0.2, -0.15) is 0 Å². The van der Waals surface area contributed by atoms with Gasteiger partial charge in [0.15, 0.2) is 0 Å². The van der Waals surface area contributed by atoms with Crippen LogP contribution in [-0.2, 0) is 0 Å². The summed E-state index contributed by atoms with van der Waals surface area (Å²) in [6, 6.07) is 0. The van der Waals surface area contributed by atoms with E-state index in [-0.39, 0.29) is 0 Å². The summed E-state index contributed by atoms with van der Waals surface area (Å²) < 4.78 is 0.512. The Morgan fingerprint density at radius 3 is 1.50 bits per heavy atom. The van der Waals surface area contributed by atoms with Crippen LogP contribution in [0.4, 0.5) is 0 Å². The van der Waals surface area contributed by atoms with Gasteiger partial charge in [-0.05, 0) is 37.7 Å². The lowest BCUT2D eigenvalue weighted by atomic mass is 10.3. The number of hydrogen-bond donors (Lipinski definition) is 0. The summed E-state index contributed by atoms with van der Waals surface area (Å²) in [5.74, 6) is 3.56. The maximum atomic E-state index is 2.31. The van der Waals surface area contributed by atoms with Crippen LogP contribution in [0, 0.1) is 5.92 Å². The van der Waals surface area contributed by atoms with Gasteiger partial charge in [0.05, 0.1) is 4.08 Å². The number of thioether (sulfide) groups is 2. The van der Waals surface area contributed by atoms with E-state index < -0.39 is 0 Å². The second-order valence-corrected chi connectivity index (χ2v) is 7.88. The molecule has 0 spiro atoms. The first kappa shape index (κ1) is 12.7. The van der Waals surface area contributed by atoms with Crippen LogP contribution in [0.3, 0.4) is 0 Å². The standard InChI is InChI=1S/C6H12S2.C4H10/c1-6(2)7-4-3-5-8-6;1-4(2)3/h3-5H2,1-2H3;4H,1-3H3. The Labute approximate surface area is 86.3 Å². The summed E-state index contributed by atoms with van der Waals surface area (Å²) in [5, 5.41) is 0. The Balaban J connectivity index is 0.000000261. The van der Waals surface area contributed by atoms with Crippen molar-refractivity contribution in [1.82, 2.24) is 0 Å². The first-order valence-electron chi connectivity index (χ1n) is 4.72. The zero-order valence-electron chi connectivity index (χ0n) is 9.02. The van der Waals surface area contributed by atoms with Crippen molar-refractivity contribution in [3.05, 3.63) is 0 Å². The summed E-state index contributed by atoms with van der Waals surface area (Å²) in [5.41, 5.74) is 0. The topological polar surface area (TPSA) is 0 Å². The van der Waals surface area contributed by atoms with Gasteiger partial charge in [-0.15, -0.1) is 23.5 Å². The molecule has 0 aliphatic carbocycles. The third-order valence-electron chi connectivity index (χ3n) is 1.19. The summed E-state index contributed by atoms with van der Waals surface area (Å²) in [6.45, 7) is 11.1. The summed E-state index contributed by atoms with van der Waals surface area (Å²) in [6.07, 6.45) is 1.40. The van der Waals surface area contributed by atoms with Crippen molar-refractivity contribution in [3.8, 4) is 0 Å². The van der Waals surface area contributed by atoms with Gasteiger partial charge >= 0.3 is 0 Å². The van der Waals surface area contributed by atoms with Crippen LogP contribution in [0.25, 0.3) is 0 Å². The van der Waals surface area contributed by atoms with Gasteiger partial charge in [-0.3, -0.25) is 0 Å². The highest BCUT2D eigenvalue weighted by atomic mass is 32.2. The van der Waals surface area contributed by atoms with E-state index in [1.807, 2.05) is 0 Å². The molecule has 0 aromatic carbocycles. The molecule has 0 radical (unpaired) electrons. The quantitative estimate of drug-likeness (QED) is 0.581. The maximum absolute atomic E-state index is 2.31. The van der Waals surface area contributed by atoms with Gasteiger partial charge in [0.1, 0.15) is 0 Å².